The van der Waals surface area contributed by atoms with Gasteiger partial charge >= 0.3 is 17.9 Å². The molecule has 1 aliphatic rings. The van der Waals surface area contributed by atoms with Gasteiger partial charge in [-0.3, -0.25) is 19.2 Å². The summed E-state index contributed by atoms with van der Waals surface area (Å²) >= 11 is 0. The molecule has 4 atom stereocenters. The van der Waals surface area contributed by atoms with E-state index in [-0.39, 0.29) is 12.5 Å². The van der Waals surface area contributed by atoms with Crippen molar-refractivity contribution in [1.29, 1.82) is 0 Å². The molecule has 25 heavy (non-hydrogen) atoms. The van der Waals surface area contributed by atoms with E-state index in [1.54, 1.807) is 0 Å². The third-order valence-corrected chi connectivity index (χ3v) is 3.07. The zero-order chi connectivity index (χ0) is 19.1. The van der Waals surface area contributed by atoms with Crippen molar-refractivity contribution in [3.63, 3.8) is 0 Å². The average molecular weight is 360 g/mol. The summed E-state index contributed by atoms with van der Waals surface area (Å²) in [6, 6.07) is -1.10. The molecule has 0 bridgehead atoms. The second kappa shape index (κ2) is 8.85. The molecular weight excluding hydrogens is 340 g/mol. The van der Waals surface area contributed by atoms with Gasteiger partial charge in [-0.1, -0.05) is 5.16 Å². The lowest BCUT2D eigenvalue weighted by Gasteiger charge is -2.27. The molecular formula is C14H20N2O9. The number of carbonyl (C=O) groups is 4. The number of esters is 3. The van der Waals surface area contributed by atoms with Crippen molar-refractivity contribution >= 4 is 29.7 Å². The standard InChI is InChI=1S/C14H20N2O9/c1-6(17)15-11-13(24-9(4)20)12(25-14(11)16-21)10(23-8(3)19)5-22-7(2)18/h10-13,21H,5H2,1-4H3,(H,15,17)/b16-14+/t10?,11?,12-,13-/m1/s1. The number of amides is 1. The molecule has 1 saturated heterocycles. The summed E-state index contributed by atoms with van der Waals surface area (Å²) in [4.78, 5) is 45.1. The molecule has 0 aromatic heterocycles. The van der Waals surface area contributed by atoms with E-state index in [2.05, 4.69) is 10.5 Å². The van der Waals surface area contributed by atoms with Gasteiger partial charge in [0.1, 0.15) is 12.6 Å². The third-order valence-electron chi connectivity index (χ3n) is 3.07. The highest BCUT2D eigenvalue weighted by Crippen LogP contribution is 2.25. The Morgan fingerprint density at radius 2 is 1.80 bits per heavy atom. The molecule has 0 aromatic carbocycles. The molecule has 0 aromatic rings. The van der Waals surface area contributed by atoms with Crippen molar-refractivity contribution in [2.24, 2.45) is 5.16 Å². The quantitative estimate of drug-likeness (QED) is 0.266. The van der Waals surface area contributed by atoms with Crippen LogP contribution in [0.1, 0.15) is 27.7 Å². The van der Waals surface area contributed by atoms with E-state index < -0.39 is 48.2 Å². The van der Waals surface area contributed by atoms with E-state index in [9.17, 15) is 19.2 Å². The fourth-order valence-electron chi connectivity index (χ4n) is 2.28. The van der Waals surface area contributed by atoms with Gasteiger partial charge in [0.2, 0.25) is 5.91 Å². The molecule has 0 spiro atoms. The van der Waals surface area contributed by atoms with Crippen LogP contribution in [0, 0.1) is 0 Å². The molecule has 11 nitrogen and oxygen atoms in total. The van der Waals surface area contributed by atoms with E-state index >= 15 is 0 Å². The summed E-state index contributed by atoms with van der Waals surface area (Å²) in [6.07, 6.45) is -3.51. The van der Waals surface area contributed by atoms with Gasteiger partial charge < -0.3 is 29.5 Å². The Bertz CT molecular complexity index is 575. The number of ether oxygens (including phenoxy) is 4. The van der Waals surface area contributed by atoms with E-state index in [1.165, 1.54) is 6.92 Å². The number of carbonyl (C=O) groups excluding carboxylic acids is 4. The molecule has 1 heterocycles. The van der Waals surface area contributed by atoms with Crippen LogP contribution in [0.5, 0.6) is 0 Å². The summed E-state index contributed by atoms with van der Waals surface area (Å²) in [6.45, 7) is 4.23. The van der Waals surface area contributed by atoms with E-state index in [1.807, 2.05) is 0 Å². The minimum absolute atomic E-state index is 0.341. The largest absolute Gasteiger partial charge is 0.466 e. The third kappa shape index (κ3) is 5.94. The predicted octanol–water partition coefficient (Wildman–Crippen LogP) is -0.896. The first kappa shape index (κ1) is 20.2. The first-order valence-electron chi connectivity index (χ1n) is 7.29. The molecule has 2 N–H and O–H groups in total. The second-order valence-electron chi connectivity index (χ2n) is 5.22. The Kier molecular flexibility index (Phi) is 7.15. The smallest absolute Gasteiger partial charge is 0.303 e. The molecule has 2 unspecified atom stereocenters. The molecule has 1 rings (SSSR count). The Labute approximate surface area is 143 Å². The summed E-state index contributed by atoms with van der Waals surface area (Å²) in [7, 11) is 0. The maximum Gasteiger partial charge on any atom is 0.303 e. The maximum absolute atomic E-state index is 11.4. The number of rotatable bonds is 6. The molecule has 0 aliphatic carbocycles. The van der Waals surface area contributed by atoms with Crippen LogP contribution in [-0.2, 0) is 38.1 Å². The van der Waals surface area contributed by atoms with Gasteiger partial charge in [-0.05, 0) is 0 Å². The number of nitrogens with one attached hydrogen (secondary N) is 1. The van der Waals surface area contributed by atoms with Crippen LogP contribution in [0.2, 0.25) is 0 Å². The van der Waals surface area contributed by atoms with E-state index in [0.29, 0.717) is 0 Å². The lowest BCUT2D eigenvalue weighted by molar-refractivity contribution is -0.171. The number of hydrogen-bond acceptors (Lipinski definition) is 10. The number of nitrogens with zero attached hydrogens (tertiary/aromatic N) is 1. The van der Waals surface area contributed by atoms with Crippen LogP contribution in [0.25, 0.3) is 0 Å². The number of hydrogen-bond donors (Lipinski definition) is 2. The minimum Gasteiger partial charge on any atom is -0.466 e. The molecule has 140 valence electrons. The highest BCUT2D eigenvalue weighted by atomic mass is 16.6. The Balaban J connectivity index is 3.15. The van der Waals surface area contributed by atoms with Gasteiger partial charge in [0.25, 0.3) is 5.90 Å². The lowest BCUT2D eigenvalue weighted by atomic mass is 10.0. The molecule has 1 amide bonds. The van der Waals surface area contributed by atoms with Crippen LogP contribution in [0.15, 0.2) is 5.16 Å². The van der Waals surface area contributed by atoms with Crippen LogP contribution in [0.3, 0.4) is 0 Å². The first-order valence-corrected chi connectivity index (χ1v) is 7.29. The van der Waals surface area contributed by atoms with Crippen molar-refractivity contribution in [2.75, 3.05) is 6.61 Å². The van der Waals surface area contributed by atoms with Crippen molar-refractivity contribution in [2.45, 2.75) is 52.0 Å². The van der Waals surface area contributed by atoms with Crippen molar-refractivity contribution < 1.29 is 43.3 Å². The fourth-order valence-corrected chi connectivity index (χ4v) is 2.28. The van der Waals surface area contributed by atoms with Gasteiger partial charge in [-0.15, -0.1) is 0 Å². The molecule has 0 saturated carbocycles. The summed E-state index contributed by atoms with van der Waals surface area (Å²) in [5.74, 6) is -2.88. The Morgan fingerprint density at radius 1 is 1.16 bits per heavy atom. The van der Waals surface area contributed by atoms with Crippen molar-refractivity contribution in [3.8, 4) is 0 Å². The molecule has 0 radical (unpaired) electrons. The zero-order valence-corrected chi connectivity index (χ0v) is 14.2. The van der Waals surface area contributed by atoms with Crippen molar-refractivity contribution in [3.05, 3.63) is 0 Å². The monoisotopic (exact) mass is 360 g/mol. The maximum atomic E-state index is 11.4. The highest BCUT2D eigenvalue weighted by molar-refractivity contribution is 5.89. The minimum atomic E-state index is -1.17. The Morgan fingerprint density at radius 3 is 2.24 bits per heavy atom. The zero-order valence-electron chi connectivity index (χ0n) is 14.2. The molecule has 1 aliphatic heterocycles. The van der Waals surface area contributed by atoms with E-state index in [4.69, 9.17) is 24.2 Å². The Hall–Kier alpha value is -2.85. The van der Waals surface area contributed by atoms with Crippen LogP contribution >= 0.6 is 0 Å². The van der Waals surface area contributed by atoms with Crippen LogP contribution in [-0.4, -0.2) is 65.9 Å². The first-order chi connectivity index (χ1) is 11.6. The predicted molar refractivity (Wildman–Crippen MR) is 79.4 cm³/mol. The van der Waals surface area contributed by atoms with Crippen LogP contribution in [0.4, 0.5) is 0 Å². The van der Waals surface area contributed by atoms with Gasteiger partial charge in [-0.25, -0.2) is 0 Å². The fraction of sp³-hybridized carbons (Fsp3) is 0.643. The van der Waals surface area contributed by atoms with Gasteiger partial charge in [0.15, 0.2) is 18.3 Å². The van der Waals surface area contributed by atoms with Gasteiger partial charge in [-0.2, -0.15) is 0 Å². The second-order valence-corrected chi connectivity index (χ2v) is 5.22. The van der Waals surface area contributed by atoms with Crippen LogP contribution < -0.4 is 5.32 Å². The topological polar surface area (TPSA) is 150 Å². The highest BCUT2D eigenvalue weighted by Gasteiger charge is 2.51. The van der Waals surface area contributed by atoms with Gasteiger partial charge in [0, 0.05) is 27.7 Å². The number of oxime groups is 1. The SMILES string of the molecule is CC(=O)NC1/C(=N\O)O[C@H](C(COC(C)=O)OC(C)=O)[C@@H]1OC(C)=O. The lowest BCUT2D eigenvalue weighted by Crippen LogP contribution is -2.51. The van der Waals surface area contributed by atoms with Crippen molar-refractivity contribution in [1.82, 2.24) is 5.32 Å². The summed E-state index contributed by atoms with van der Waals surface area (Å²) in [5, 5.41) is 14.4. The normalized spacial score (nSPS) is 24.8. The van der Waals surface area contributed by atoms with Gasteiger partial charge in [0.05, 0.1) is 0 Å². The molecule has 1 fully saturated rings. The summed E-state index contributed by atoms with van der Waals surface area (Å²) in [5.41, 5.74) is 0. The van der Waals surface area contributed by atoms with E-state index in [0.717, 1.165) is 20.8 Å². The molecule has 11 heteroatoms. The average Bonchev–Trinajstić information content (AvgIpc) is 2.79. The summed E-state index contributed by atoms with van der Waals surface area (Å²) < 4.78 is 20.4.